The molecule has 0 atom stereocenters. The van der Waals surface area contributed by atoms with Crippen LogP contribution in [0.1, 0.15) is 21.5 Å². The Kier molecular flexibility index (Phi) is 4.45. The second kappa shape index (κ2) is 6.69. The van der Waals surface area contributed by atoms with Gasteiger partial charge in [-0.15, -0.1) is 0 Å². The fraction of sp³-hybridized carbons (Fsp3) is 0.0556. The first-order valence-corrected chi connectivity index (χ1v) is 7.76. The van der Waals surface area contributed by atoms with Crippen LogP contribution in [0.4, 0.5) is 0 Å². The summed E-state index contributed by atoms with van der Waals surface area (Å²) in [5, 5.41) is 9.56. The number of fused-ring (bicyclic) bond motifs is 1. The van der Waals surface area contributed by atoms with Gasteiger partial charge in [-0.3, -0.25) is 0 Å². The average molecular weight is 384 g/mol. The van der Waals surface area contributed by atoms with Gasteiger partial charge in [-0.1, -0.05) is 22.0 Å². The Hall–Kier alpha value is -2.91. The summed E-state index contributed by atoms with van der Waals surface area (Å²) in [6, 6.07) is 14.8. The molecule has 0 spiro atoms. The summed E-state index contributed by atoms with van der Waals surface area (Å²) in [4.78, 5) is 23.8. The lowest BCUT2D eigenvalue weighted by Gasteiger charge is -2.07. The molecule has 0 saturated heterocycles. The smallest absolute Gasteiger partial charge is 0.338 e. The lowest BCUT2D eigenvalue weighted by molar-refractivity contribution is 0.0474. The van der Waals surface area contributed by atoms with Crippen LogP contribution in [0.2, 0.25) is 0 Å². The predicted octanol–water partition coefficient (Wildman–Crippen LogP) is 3.78. The highest BCUT2D eigenvalue weighted by atomic mass is 79.9. The summed E-state index contributed by atoms with van der Waals surface area (Å²) >= 11 is 3.31. The summed E-state index contributed by atoms with van der Waals surface area (Å²) in [6.45, 7) is -0.0701. The Labute approximate surface area is 145 Å². The van der Waals surface area contributed by atoms with Crippen molar-refractivity contribution in [3.8, 4) is 6.07 Å². The van der Waals surface area contributed by atoms with Gasteiger partial charge in [0.1, 0.15) is 12.2 Å². The maximum atomic E-state index is 12.1. The second-order valence-electron chi connectivity index (χ2n) is 5.00. The van der Waals surface area contributed by atoms with E-state index in [4.69, 9.17) is 14.4 Å². The topological polar surface area (TPSA) is 80.3 Å². The van der Waals surface area contributed by atoms with E-state index in [9.17, 15) is 9.59 Å². The van der Waals surface area contributed by atoms with Crippen LogP contribution in [0, 0.1) is 11.3 Å². The Morgan fingerprint density at radius 1 is 1.21 bits per heavy atom. The zero-order valence-corrected chi connectivity index (χ0v) is 13.9. The molecule has 0 aliphatic heterocycles. The zero-order chi connectivity index (χ0) is 17.1. The Bertz CT molecular complexity index is 1030. The lowest BCUT2D eigenvalue weighted by Crippen LogP contribution is -2.08. The molecular formula is C18H10BrNO4. The molecule has 3 rings (SSSR count). The molecule has 5 nitrogen and oxygen atoms in total. The summed E-state index contributed by atoms with van der Waals surface area (Å²) in [7, 11) is 0. The molecule has 0 saturated carbocycles. The van der Waals surface area contributed by atoms with Crippen molar-refractivity contribution in [2.45, 2.75) is 6.61 Å². The third kappa shape index (κ3) is 3.36. The van der Waals surface area contributed by atoms with Crippen molar-refractivity contribution in [3.05, 3.63) is 80.1 Å². The highest BCUT2D eigenvalue weighted by Gasteiger charge is 2.11. The molecule has 24 heavy (non-hydrogen) atoms. The number of hydrogen-bond donors (Lipinski definition) is 0. The third-order valence-corrected chi connectivity index (χ3v) is 3.87. The molecule has 1 aromatic heterocycles. The highest BCUT2D eigenvalue weighted by molar-refractivity contribution is 9.10. The van der Waals surface area contributed by atoms with Crippen molar-refractivity contribution >= 4 is 32.9 Å². The average Bonchev–Trinajstić information content (AvgIpc) is 2.58. The Morgan fingerprint density at radius 2 is 2.04 bits per heavy atom. The molecule has 0 aliphatic rings. The van der Waals surface area contributed by atoms with E-state index in [2.05, 4.69) is 15.9 Å². The molecular weight excluding hydrogens is 374 g/mol. The van der Waals surface area contributed by atoms with Gasteiger partial charge in [0.2, 0.25) is 0 Å². The monoisotopic (exact) mass is 383 g/mol. The number of benzene rings is 2. The van der Waals surface area contributed by atoms with Gasteiger partial charge in [0.05, 0.1) is 17.2 Å². The zero-order valence-electron chi connectivity index (χ0n) is 12.3. The van der Waals surface area contributed by atoms with E-state index >= 15 is 0 Å². The van der Waals surface area contributed by atoms with E-state index in [0.29, 0.717) is 22.1 Å². The molecule has 0 aliphatic carbocycles. The fourth-order valence-electron chi connectivity index (χ4n) is 2.27. The van der Waals surface area contributed by atoms with Gasteiger partial charge in [-0.25, -0.2) is 9.59 Å². The van der Waals surface area contributed by atoms with E-state index in [1.807, 2.05) is 12.1 Å². The summed E-state index contributed by atoms with van der Waals surface area (Å²) < 4.78 is 11.2. The number of esters is 1. The summed E-state index contributed by atoms with van der Waals surface area (Å²) in [5.74, 6) is -0.564. The molecule has 118 valence electrons. The van der Waals surface area contributed by atoms with Crippen LogP contribution in [-0.4, -0.2) is 5.97 Å². The van der Waals surface area contributed by atoms with E-state index in [0.717, 1.165) is 4.47 Å². The van der Waals surface area contributed by atoms with E-state index < -0.39 is 11.6 Å². The van der Waals surface area contributed by atoms with Crippen molar-refractivity contribution in [2.24, 2.45) is 0 Å². The minimum Gasteiger partial charge on any atom is -0.457 e. The molecule has 0 fully saturated rings. The maximum Gasteiger partial charge on any atom is 0.338 e. The van der Waals surface area contributed by atoms with Gasteiger partial charge in [-0.05, 0) is 36.4 Å². The molecule has 0 N–H and O–H groups in total. The van der Waals surface area contributed by atoms with E-state index in [1.165, 1.54) is 12.1 Å². The quantitative estimate of drug-likeness (QED) is 0.507. The molecule has 0 radical (unpaired) electrons. The van der Waals surface area contributed by atoms with Crippen molar-refractivity contribution in [3.63, 3.8) is 0 Å². The van der Waals surface area contributed by atoms with E-state index in [1.54, 1.807) is 30.3 Å². The third-order valence-electron chi connectivity index (χ3n) is 3.38. The summed E-state index contributed by atoms with van der Waals surface area (Å²) in [5.41, 5.74) is 1.11. The number of nitriles is 1. The number of hydrogen-bond acceptors (Lipinski definition) is 5. The SMILES string of the molecule is N#Cc1cccc(C(=O)OCc2cc(=O)oc3cc(Br)ccc23)c1. The van der Waals surface area contributed by atoms with E-state index in [-0.39, 0.29) is 12.2 Å². The number of halogens is 1. The largest absolute Gasteiger partial charge is 0.457 e. The van der Waals surface area contributed by atoms with Crippen LogP contribution in [0.15, 0.2) is 62.2 Å². The van der Waals surface area contributed by atoms with Crippen LogP contribution >= 0.6 is 15.9 Å². The van der Waals surface area contributed by atoms with Gasteiger partial charge < -0.3 is 9.15 Å². The molecule has 1 heterocycles. The van der Waals surface area contributed by atoms with Crippen molar-refractivity contribution in [1.82, 2.24) is 0 Å². The minimum atomic E-state index is -0.564. The molecule has 2 aromatic carbocycles. The molecule has 3 aromatic rings. The first-order chi connectivity index (χ1) is 11.6. The molecule has 6 heteroatoms. The minimum absolute atomic E-state index is 0.0701. The molecule has 0 unspecified atom stereocenters. The summed E-state index contributed by atoms with van der Waals surface area (Å²) in [6.07, 6.45) is 0. The first kappa shape index (κ1) is 16.0. The maximum absolute atomic E-state index is 12.1. The second-order valence-corrected chi connectivity index (χ2v) is 5.92. The van der Waals surface area contributed by atoms with Gasteiger partial charge >= 0.3 is 11.6 Å². The normalized spacial score (nSPS) is 10.3. The predicted molar refractivity (Wildman–Crippen MR) is 90.5 cm³/mol. The van der Waals surface area contributed by atoms with Gasteiger partial charge in [0.15, 0.2) is 0 Å². The van der Waals surface area contributed by atoms with Crippen LogP contribution in [0.25, 0.3) is 11.0 Å². The lowest BCUT2D eigenvalue weighted by atomic mass is 10.1. The highest BCUT2D eigenvalue weighted by Crippen LogP contribution is 2.22. The van der Waals surface area contributed by atoms with Crippen molar-refractivity contribution < 1.29 is 13.9 Å². The number of carbonyl (C=O) groups is 1. The van der Waals surface area contributed by atoms with Crippen LogP contribution in [-0.2, 0) is 11.3 Å². The van der Waals surface area contributed by atoms with Gasteiger partial charge in [0.25, 0.3) is 0 Å². The number of ether oxygens (including phenoxy) is 1. The van der Waals surface area contributed by atoms with Crippen LogP contribution in [0.5, 0.6) is 0 Å². The molecule has 0 bridgehead atoms. The molecule has 0 amide bonds. The number of rotatable bonds is 3. The fourth-order valence-corrected chi connectivity index (χ4v) is 2.61. The van der Waals surface area contributed by atoms with Crippen LogP contribution < -0.4 is 5.63 Å². The van der Waals surface area contributed by atoms with Crippen LogP contribution in [0.3, 0.4) is 0 Å². The Morgan fingerprint density at radius 3 is 2.83 bits per heavy atom. The van der Waals surface area contributed by atoms with Crippen molar-refractivity contribution in [2.75, 3.05) is 0 Å². The first-order valence-electron chi connectivity index (χ1n) is 6.96. The van der Waals surface area contributed by atoms with Crippen molar-refractivity contribution in [1.29, 1.82) is 5.26 Å². The Balaban J connectivity index is 1.86. The van der Waals surface area contributed by atoms with Gasteiger partial charge in [-0.2, -0.15) is 5.26 Å². The van der Waals surface area contributed by atoms with Gasteiger partial charge in [0, 0.05) is 21.5 Å². The number of carbonyl (C=O) groups excluding carboxylic acids is 1. The standard InChI is InChI=1S/C18H10BrNO4/c19-14-4-5-15-13(7-17(21)24-16(15)8-14)10-23-18(22)12-3-1-2-11(6-12)9-20/h1-8H,10H2. The number of nitrogens with zero attached hydrogens (tertiary/aromatic N) is 1.